The van der Waals surface area contributed by atoms with Crippen LogP contribution in [-0.2, 0) is 12.8 Å². The van der Waals surface area contributed by atoms with Crippen LogP contribution >= 0.6 is 0 Å². The van der Waals surface area contributed by atoms with Gasteiger partial charge < -0.3 is 10.4 Å². The highest BCUT2D eigenvalue weighted by molar-refractivity contribution is 5.50. The summed E-state index contributed by atoms with van der Waals surface area (Å²) in [5.74, 6) is 0. The summed E-state index contributed by atoms with van der Waals surface area (Å²) in [6, 6.07) is 15.6. The zero-order valence-electron chi connectivity index (χ0n) is 11.8. The predicted octanol–water partition coefficient (Wildman–Crippen LogP) is 3.19. The highest BCUT2D eigenvalue weighted by Gasteiger charge is 2.12. The first-order valence-electron chi connectivity index (χ1n) is 7.30. The van der Waals surface area contributed by atoms with Crippen LogP contribution in [0.4, 0.5) is 5.69 Å². The summed E-state index contributed by atoms with van der Waals surface area (Å²) >= 11 is 0. The van der Waals surface area contributed by atoms with Crippen molar-refractivity contribution >= 4 is 5.69 Å². The number of aryl methyl sites for hydroxylation is 2. The Hall–Kier alpha value is -2.31. The standard InChI is InChI=1S/C18H18N2O/c19-11-13-4-6-15(7-5-13)18(21)12-20-17-9-8-14-2-1-3-16(14)10-17/h4-10,18,20-21H,1-3,12H2. The lowest BCUT2D eigenvalue weighted by molar-refractivity contribution is 0.191. The van der Waals surface area contributed by atoms with Crippen LogP contribution in [0.3, 0.4) is 0 Å². The third-order valence-corrected chi connectivity index (χ3v) is 4.02. The first-order chi connectivity index (χ1) is 10.3. The van der Waals surface area contributed by atoms with E-state index in [1.165, 1.54) is 24.0 Å². The number of nitrogens with one attached hydrogen (secondary N) is 1. The summed E-state index contributed by atoms with van der Waals surface area (Å²) in [4.78, 5) is 0. The van der Waals surface area contributed by atoms with E-state index in [1.54, 1.807) is 24.3 Å². The summed E-state index contributed by atoms with van der Waals surface area (Å²) < 4.78 is 0. The van der Waals surface area contributed by atoms with Crippen molar-refractivity contribution < 1.29 is 5.11 Å². The fourth-order valence-corrected chi connectivity index (χ4v) is 2.79. The maximum atomic E-state index is 10.2. The van der Waals surface area contributed by atoms with E-state index in [9.17, 15) is 5.11 Å². The van der Waals surface area contributed by atoms with E-state index < -0.39 is 6.10 Å². The molecule has 0 heterocycles. The van der Waals surface area contributed by atoms with Gasteiger partial charge in [0.2, 0.25) is 0 Å². The monoisotopic (exact) mass is 278 g/mol. The molecule has 0 bridgehead atoms. The molecule has 1 aliphatic rings. The van der Waals surface area contributed by atoms with Gasteiger partial charge in [-0.15, -0.1) is 0 Å². The summed E-state index contributed by atoms with van der Waals surface area (Å²) in [7, 11) is 0. The number of hydrogen-bond acceptors (Lipinski definition) is 3. The maximum absolute atomic E-state index is 10.2. The number of benzene rings is 2. The molecule has 2 aromatic rings. The number of nitriles is 1. The fourth-order valence-electron chi connectivity index (χ4n) is 2.79. The average Bonchev–Trinajstić information content (AvgIpc) is 3.00. The third-order valence-electron chi connectivity index (χ3n) is 4.02. The Balaban J connectivity index is 1.62. The Morgan fingerprint density at radius 1 is 1.10 bits per heavy atom. The second-order valence-electron chi connectivity index (χ2n) is 5.47. The van der Waals surface area contributed by atoms with Crippen LogP contribution in [0.5, 0.6) is 0 Å². The lowest BCUT2D eigenvalue weighted by atomic mass is 10.1. The summed E-state index contributed by atoms with van der Waals surface area (Å²) in [5, 5.41) is 22.3. The van der Waals surface area contributed by atoms with Gasteiger partial charge in [-0.05, 0) is 60.2 Å². The molecule has 0 saturated carbocycles. The molecule has 2 N–H and O–H groups in total. The van der Waals surface area contributed by atoms with Gasteiger partial charge in [0.25, 0.3) is 0 Å². The highest BCUT2D eigenvalue weighted by Crippen LogP contribution is 2.25. The van der Waals surface area contributed by atoms with Crippen molar-refractivity contribution in [3.8, 4) is 6.07 Å². The van der Waals surface area contributed by atoms with Gasteiger partial charge in [-0.3, -0.25) is 0 Å². The first kappa shape index (κ1) is 13.7. The molecule has 3 heteroatoms. The van der Waals surface area contributed by atoms with E-state index in [0.29, 0.717) is 12.1 Å². The predicted molar refractivity (Wildman–Crippen MR) is 83.1 cm³/mol. The number of fused-ring (bicyclic) bond motifs is 1. The van der Waals surface area contributed by atoms with Gasteiger partial charge in [0.05, 0.1) is 17.7 Å². The Morgan fingerprint density at radius 2 is 1.86 bits per heavy atom. The molecule has 0 aliphatic heterocycles. The lowest BCUT2D eigenvalue weighted by Gasteiger charge is -2.14. The molecule has 0 aromatic heterocycles. The number of aliphatic hydroxyl groups is 1. The van der Waals surface area contributed by atoms with Gasteiger partial charge in [-0.1, -0.05) is 18.2 Å². The van der Waals surface area contributed by atoms with Crippen molar-refractivity contribution in [1.82, 2.24) is 0 Å². The molecule has 0 radical (unpaired) electrons. The number of anilines is 1. The molecule has 0 amide bonds. The molecule has 1 atom stereocenters. The van der Waals surface area contributed by atoms with Crippen molar-refractivity contribution in [2.24, 2.45) is 0 Å². The molecule has 0 fully saturated rings. The third kappa shape index (κ3) is 3.07. The van der Waals surface area contributed by atoms with Gasteiger partial charge >= 0.3 is 0 Å². The minimum Gasteiger partial charge on any atom is -0.387 e. The van der Waals surface area contributed by atoms with Crippen LogP contribution in [0.2, 0.25) is 0 Å². The van der Waals surface area contributed by atoms with Crippen LogP contribution in [-0.4, -0.2) is 11.7 Å². The number of hydrogen-bond donors (Lipinski definition) is 2. The van der Waals surface area contributed by atoms with Gasteiger partial charge in [-0.25, -0.2) is 0 Å². The quantitative estimate of drug-likeness (QED) is 0.903. The number of rotatable bonds is 4. The van der Waals surface area contributed by atoms with Crippen molar-refractivity contribution in [3.05, 3.63) is 64.7 Å². The van der Waals surface area contributed by atoms with Crippen molar-refractivity contribution in [2.75, 3.05) is 11.9 Å². The molecule has 1 unspecified atom stereocenters. The van der Waals surface area contributed by atoms with E-state index >= 15 is 0 Å². The maximum Gasteiger partial charge on any atom is 0.0991 e. The second-order valence-corrected chi connectivity index (χ2v) is 5.47. The minimum atomic E-state index is -0.578. The zero-order valence-corrected chi connectivity index (χ0v) is 11.8. The van der Waals surface area contributed by atoms with Gasteiger partial charge in [-0.2, -0.15) is 5.26 Å². The Morgan fingerprint density at radius 3 is 2.62 bits per heavy atom. The van der Waals surface area contributed by atoms with Gasteiger partial charge in [0.15, 0.2) is 0 Å². The van der Waals surface area contributed by atoms with E-state index in [0.717, 1.165) is 17.7 Å². The van der Waals surface area contributed by atoms with Crippen molar-refractivity contribution in [2.45, 2.75) is 25.4 Å². The van der Waals surface area contributed by atoms with E-state index in [-0.39, 0.29) is 0 Å². The van der Waals surface area contributed by atoms with Gasteiger partial charge in [0.1, 0.15) is 0 Å². The molecule has 1 aliphatic carbocycles. The zero-order chi connectivity index (χ0) is 14.7. The van der Waals surface area contributed by atoms with Crippen LogP contribution in [0.15, 0.2) is 42.5 Å². The molecule has 0 spiro atoms. The van der Waals surface area contributed by atoms with Gasteiger partial charge in [0, 0.05) is 12.2 Å². The Labute approximate surface area is 124 Å². The molecule has 106 valence electrons. The fraction of sp³-hybridized carbons (Fsp3) is 0.278. The van der Waals surface area contributed by atoms with Crippen LogP contribution in [0.25, 0.3) is 0 Å². The summed E-state index contributed by atoms with van der Waals surface area (Å²) in [5.41, 5.74) is 5.37. The normalized spacial score (nSPS) is 14.3. The van der Waals surface area contributed by atoms with Crippen molar-refractivity contribution in [3.63, 3.8) is 0 Å². The second kappa shape index (κ2) is 5.99. The number of nitrogens with zero attached hydrogens (tertiary/aromatic N) is 1. The molecular formula is C18H18N2O. The van der Waals surface area contributed by atoms with Crippen LogP contribution < -0.4 is 5.32 Å². The SMILES string of the molecule is N#Cc1ccc(C(O)CNc2ccc3c(c2)CCC3)cc1. The lowest BCUT2D eigenvalue weighted by Crippen LogP contribution is -2.12. The number of aliphatic hydroxyl groups excluding tert-OH is 1. The molecular weight excluding hydrogens is 260 g/mol. The Bertz CT molecular complexity index is 671. The van der Waals surface area contributed by atoms with Crippen LogP contribution in [0.1, 0.15) is 34.8 Å². The smallest absolute Gasteiger partial charge is 0.0991 e. The first-order valence-corrected chi connectivity index (χ1v) is 7.30. The van der Waals surface area contributed by atoms with E-state index in [4.69, 9.17) is 5.26 Å². The van der Waals surface area contributed by atoms with Crippen molar-refractivity contribution in [1.29, 1.82) is 5.26 Å². The minimum absolute atomic E-state index is 0.463. The molecule has 3 rings (SSSR count). The van der Waals surface area contributed by atoms with E-state index in [2.05, 4.69) is 29.6 Å². The molecule has 0 saturated heterocycles. The largest absolute Gasteiger partial charge is 0.387 e. The summed E-state index contributed by atoms with van der Waals surface area (Å²) in [6.45, 7) is 0.463. The van der Waals surface area contributed by atoms with Crippen LogP contribution in [0, 0.1) is 11.3 Å². The molecule has 3 nitrogen and oxygen atoms in total. The highest BCUT2D eigenvalue weighted by atomic mass is 16.3. The Kier molecular flexibility index (Phi) is 3.89. The summed E-state index contributed by atoms with van der Waals surface area (Å²) in [6.07, 6.45) is 3.00. The average molecular weight is 278 g/mol. The molecule has 2 aromatic carbocycles. The molecule has 21 heavy (non-hydrogen) atoms. The van der Waals surface area contributed by atoms with E-state index in [1.807, 2.05) is 0 Å². The topological polar surface area (TPSA) is 56.0 Å².